The summed E-state index contributed by atoms with van der Waals surface area (Å²) in [6, 6.07) is 20.2. The smallest absolute Gasteiger partial charge is 0.238 e. The fraction of sp³-hybridized carbons (Fsp3) is 0.160. The van der Waals surface area contributed by atoms with Gasteiger partial charge >= 0.3 is 0 Å². The Labute approximate surface area is 211 Å². The number of carbonyl (C=O) groups excluding carboxylic acids is 2. The van der Waals surface area contributed by atoms with E-state index in [9.17, 15) is 14.0 Å². The molecular weight excluding hydrogens is 496 g/mol. The molecule has 0 spiro atoms. The molecule has 0 radical (unpaired) electrons. The number of halogens is 3. The predicted octanol–water partition coefficient (Wildman–Crippen LogP) is 6.34. The highest BCUT2D eigenvalue weighted by molar-refractivity contribution is 8.15. The maximum atomic E-state index is 13.2. The molecule has 0 bridgehead atoms. The molecule has 0 unspecified atom stereocenters. The number of anilines is 1. The van der Waals surface area contributed by atoms with Crippen LogP contribution in [0.3, 0.4) is 0 Å². The summed E-state index contributed by atoms with van der Waals surface area (Å²) < 4.78 is 13.2. The SMILES string of the molecule is O=C(Nc1ccc(F)cc1)[C@H]1CC(=O)N(CCc2ccccc2)C(=Nc2cc(Cl)cc(Cl)c2)S1. The van der Waals surface area contributed by atoms with Gasteiger partial charge in [0.25, 0.3) is 0 Å². The molecule has 3 aromatic rings. The van der Waals surface area contributed by atoms with Crippen molar-refractivity contribution < 1.29 is 14.0 Å². The van der Waals surface area contributed by atoms with Crippen LogP contribution in [0.4, 0.5) is 15.8 Å². The van der Waals surface area contributed by atoms with Crippen molar-refractivity contribution in [3.63, 3.8) is 0 Å². The van der Waals surface area contributed by atoms with E-state index >= 15 is 0 Å². The van der Waals surface area contributed by atoms with E-state index in [1.54, 1.807) is 23.1 Å². The van der Waals surface area contributed by atoms with Crippen LogP contribution < -0.4 is 5.32 Å². The summed E-state index contributed by atoms with van der Waals surface area (Å²) in [4.78, 5) is 32.2. The van der Waals surface area contributed by atoms with Crippen molar-refractivity contribution in [2.75, 3.05) is 11.9 Å². The van der Waals surface area contributed by atoms with Gasteiger partial charge in [0.15, 0.2) is 5.17 Å². The Kier molecular flexibility index (Phi) is 7.88. The van der Waals surface area contributed by atoms with Crippen LogP contribution in [0.5, 0.6) is 0 Å². The molecule has 1 aliphatic rings. The Morgan fingerprint density at radius 1 is 1.06 bits per heavy atom. The third-order valence-electron chi connectivity index (χ3n) is 5.08. The average Bonchev–Trinajstić information content (AvgIpc) is 2.80. The minimum Gasteiger partial charge on any atom is -0.325 e. The minimum atomic E-state index is -0.695. The van der Waals surface area contributed by atoms with Crippen molar-refractivity contribution in [2.24, 2.45) is 4.99 Å². The van der Waals surface area contributed by atoms with Crippen molar-refractivity contribution in [2.45, 2.75) is 18.1 Å². The van der Waals surface area contributed by atoms with Crippen LogP contribution in [-0.2, 0) is 16.0 Å². The van der Waals surface area contributed by atoms with Crippen molar-refractivity contribution in [1.82, 2.24) is 4.90 Å². The topological polar surface area (TPSA) is 61.8 Å². The minimum absolute atomic E-state index is 0.0157. The Morgan fingerprint density at radius 3 is 2.41 bits per heavy atom. The number of nitrogens with zero attached hydrogens (tertiary/aromatic N) is 2. The highest BCUT2D eigenvalue weighted by Gasteiger charge is 2.35. The molecule has 5 nitrogen and oxygen atoms in total. The van der Waals surface area contributed by atoms with Crippen molar-refractivity contribution in [1.29, 1.82) is 0 Å². The molecule has 1 atom stereocenters. The third-order valence-corrected chi connectivity index (χ3v) is 6.71. The average molecular weight is 516 g/mol. The number of benzene rings is 3. The number of amidine groups is 1. The summed E-state index contributed by atoms with van der Waals surface area (Å²) in [7, 11) is 0. The summed E-state index contributed by atoms with van der Waals surface area (Å²) in [5.74, 6) is -0.964. The van der Waals surface area contributed by atoms with Crippen LogP contribution in [0, 0.1) is 5.82 Å². The number of amides is 2. The normalized spacial score (nSPS) is 17.1. The summed E-state index contributed by atoms with van der Waals surface area (Å²) in [6.45, 7) is 0.412. The lowest BCUT2D eigenvalue weighted by atomic mass is 10.1. The van der Waals surface area contributed by atoms with E-state index in [1.165, 1.54) is 36.0 Å². The number of nitrogens with one attached hydrogen (secondary N) is 1. The number of aliphatic imine (C=N–C) groups is 1. The first-order valence-electron chi connectivity index (χ1n) is 10.5. The van der Waals surface area contributed by atoms with E-state index < -0.39 is 11.1 Å². The lowest BCUT2D eigenvalue weighted by Gasteiger charge is -2.32. The Hall–Kier alpha value is -2.87. The molecule has 3 aromatic carbocycles. The number of hydrogen-bond acceptors (Lipinski definition) is 4. The second kappa shape index (κ2) is 11.0. The Morgan fingerprint density at radius 2 is 1.74 bits per heavy atom. The maximum Gasteiger partial charge on any atom is 0.238 e. The van der Waals surface area contributed by atoms with Gasteiger partial charge in [0, 0.05) is 28.7 Å². The van der Waals surface area contributed by atoms with Crippen LogP contribution in [0.15, 0.2) is 77.8 Å². The molecule has 0 saturated carbocycles. The largest absolute Gasteiger partial charge is 0.325 e. The third kappa shape index (κ3) is 6.38. The highest BCUT2D eigenvalue weighted by atomic mass is 35.5. The Balaban J connectivity index is 1.58. The monoisotopic (exact) mass is 515 g/mol. The molecule has 4 rings (SSSR count). The zero-order chi connectivity index (χ0) is 24.1. The second-order valence-corrected chi connectivity index (χ2v) is 9.65. The fourth-order valence-corrected chi connectivity index (χ4v) is 5.06. The van der Waals surface area contributed by atoms with E-state index in [4.69, 9.17) is 23.2 Å². The van der Waals surface area contributed by atoms with Gasteiger partial charge in [-0.25, -0.2) is 9.38 Å². The van der Waals surface area contributed by atoms with Crippen molar-refractivity contribution in [3.8, 4) is 0 Å². The zero-order valence-electron chi connectivity index (χ0n) is 17.9. The quantitative estimate of drug-likeness (QED) is 0.416. The van der Waals surface area contributed by atoms with Gasteiger partial charge in [-0.1, -0.05) is 65.3 Å². The van der Waals surface area contributed by atoms with Crippen molar-refractivity contribution >= 4 is 63.3 Å². The first-order valence-corrected chi connectivity index (χ1v) is 12.1. The molecule has 2 amide bonds. The molecule has 1 N–H and O–H groups in total. The van der Waals surface area contributed by atoms with E-state index in [0.717, 1.165) is 5.56 Å². The molecule has 0 aromatic heterocycles. The molecule has 0 aliphatic carbocycles. The summed E-state index contributed by atoms with van der Waals surface area (Å²) in [5.41, 5.74) is 2.02. The number of carbonyl (C=O) groups is 2. The van der Waals surface area contributed by atoms with Gasteiger partial charge in [0.1, 0.15) is 11.1 Å². The van der Waals surface area contributed by atoms with Gasteiger partial charge in [-0.2, -0.15) is 0 Å². The standard InChI is InChI=1S/C25H20Cl2FN3O2S/c26-17-12-18(27)14-21(13-17)30-25-31(11-10-16-4-2-1-3-5-16)23(32)15-22(34-25)24(33)29-20-8-6-19(28)7-9-20/h1-9,12-14,22H,10-11,15H2,(H,29,33)/t22-/m1/s1. The second-order valence-electron chi connectivity index (χ2n) is 7.61. The molecule has 9 heteroatoms. The lowest BCUT2D eigenvalue weighted by molar-refractivity contribution is -0.129. The lowest BCUT2D eigenvalue weighted by Crippen LogP contribution is -2.46. The van der Waals surface area contributed by atoms with E-state index in [1.807, 2.05) is 30.3 Å². The predicted molar refractivity (Wildman–Crippen MR) is 136 cm³/mol. The van der Waals surface area contributed by atoms with Crippen LogP contribution in [0.1, 0.15) is 12.0 Å². The van der Waals surface area contributed by atoms with Gasteiger partial charge in [-0.15, -0.1) is 0 Å². The number of hydrogen-bond donors (Lipinski definition) is 1. The molecule has 174 valence electrons. The molecule has 1 saturated heterocycles. The summed E-state index contributed by atoms with van der Waals surface area (Å²) in [6.07, 6.45) is 0.650. The number of thioether (sulfide) groups is 1. The maximum absolute atomic E-state index is 13.2. The van der Waals surface area contributed by atoms with Crippen LogP contribution in [-0.4, -0.2) is 33.7 Å². The molecule has 1 fully saturated rings. The first kappa shape index (κ1) is 24.3. The number of rotatable bonds is 6. The molecular formula is C25H20Cl2FN3O2S. The molecule has 1 aliphatic heterocycles. The zero-order valence-corrected chi connectivity index (χ0v) is 20.2. The molecule has 1 heterocycles. The van der Waals surface area contributed by atoms with E-state index in [-0.39, 0.29) is 18.2 Å². The van der Waals surface area contributed by atoms with Gasteiger partial charge in [-0.05, 0) is 54.4 Å². The highest BCUT2D eigenvalue weighted by Crippen LogP contribution is 2.32. The fourth-order valence-electron chi connectivity index (χ4n) is 3.42. The van der Waals surface area contributed by atoms with Crippen LogP contribution >= 0.6 is 35.0 Å². The molecule has 34 heavy (non-hydrogen) atoms. The van der Waals surface area contributed by atoms with Crippen LogP contribution in [0.25, 0.3) is 0 Å². The van der Waals surface area contributed by atoms with Gasteiger partial charge in [0.05, 0.1) is 5.69 Å². The first-order chi connectivity index (χ1) is 16.4. The van der Waals surface area contributed by atoms with Gasteiger partial charge in [0.2, 0.25) is 11.8 Å². The van der Waals surface area contributed by atoms with E-state index in [0.29, 0.717) is 39.6 Å². The van der Waals surface area contributed by atoms with E-state index in [2.05, 4.69) is 10.3 Å². The summed E-state index contributed by atoms with van der Waals surface area (Å²) in [5, 5.41) is 3.27. The van der Waals surface area contributed by atoms with Gasteiger partial charge < -0.3 is 5.32 Å². The Bertz CT molecular complexity index is 1200. The van der Waals surface area contributed by atoms with Crippen molar-refractivity contribution in [3.05, 3.63) is 94.2 Å². The van der Waals surface area contributed by atoms with Gasteiger partial charge in [-0.3, -0.25) is 14.5 Å². The van der Waals surface area contributed by atoms with Crippen LogP contribution in [0.2, 0.25) is 10.0 Å². The summed E-state index contributed by atoms with van der Waals surface area (Å²) >= 11 is 13.4.